The molecule has 0 aliphatic carbocycles. The summed E-state index contributed by atoms with van der Waals surface area (Å²) in [6.07, 6.45) is 1.90. The summed E-state index contributed by atoms with van der Waals surface area (Å²) in [6.45, 7) is 11.8. The van der Waals surface area contributed by atoms with Crippen LogP contribution in [0.5, 0.6) is 0 Å². The minimum Gasteiger partial charge on any atom is -0.330 e. The van der Waals surface area contributed by atoms with Crippen LogP contribution in [0.1, 0.15) is 55.4 Å². The Morgan fingerprint density at radius 3 is 2.50 bits per heavy atom. The van der Waals surface area contributed by atoms with Crippen LogP contribution in [0.15, 0.2) is 42.5 Å². The van der Waals surface area contributed by atoms with Gasteiger partial charge in [0.05, 0.1) is 12.2 Å². The maximum atomic E-state index is 13.7. The SMILES string of the molecule is CCN(CC)CCCC(C)N(Cc1cccc(C)n1)C(=O)c1cccc(F)c1. The van der Waals surface area contributed by atoms with E-state index in [9.17, 15) is 9.18 Å². The molecule has 1 unspecified atom stereocenters. The summed E-state index contributed by atoms with van der Waals surface area (Å²) in [6, 6.07) is 11.8. The highest BCUT2D eigenvalue weighted by atomic mass is 19.1. The summed E-state index contributed by atoms with van der Waals surface area (Å²) >= 11 is 0. The lowest BCUT2D eigenvalue weighted by atomic mass is 10.1. The molecule has 0 saturated heterocycles. The van der Waals surface area contributed by atoms with Crippen molar-refractivity contribution in [2.75, 3.05) is 19.6 Å². The molecular formula is C23H32FN3O. The van der Waals surface area contributed by atoms with Gasteiger partial charge in [0.25, 0.3) is 5.91 Å². The van der Waals surface area contributed by atoms with Crippen LogP contribution in [-0.2, 0) is 6.54 Å². The van der Waals surface area contributed by atoms with Crippen LogP contribution in [0.4, 0.5) is 4.39 Å². The van der Waals surface area contributed by atoms with E-state index >= 15 is 0 Å². The predicted molar refractivity (Wildman–Crippen MR) is 112 cm³/mol. The molecule has 2 rings (SSSR count). The van der Waals surface area contributed by atoms with Crippen molar-refractivity contribution in [1.82, 2.24) is 14.8 Å². The number of rotatable bonds is 10. The van der Waals surface area contributed by atoms with Crippen molar-refractivity contribution < 1.29 is 9.18 Å². The molecule has 0 N–H and O–H groups in total. The van der Waals surface area contributed by atoms with Crippen molar-refractivity contribution >= 4 is 5.91 Å². The van der Waals surface area contributed by atoms with E-state index in [1.807, 2.05) is 30.0 Å². The molecule has 0 spiro atoms. The molecule has 1 aromatic heterocycles. The number of aromatic nitrogens is 1. The quantitative estimate of drug-likeness (QED) is 0.596. The van der Waals surface area contributed by atoms with Crippen molar-refractivity contribution in [1.29, 1.82) is 0 Å². The first-order chi connectivity index (χ1) is 13.4. The maximum Gasteiger partial charge on any atom is 0.254 e. The largest absolute Gasteiger partial charge is 0.330 e. The maximum absolute atomic E-state index is 13.7. The van der Waals surface area contributed by atoms with Crippen molar-refractivity contribution in [3.63, 3.8) is 0 Å². The second-order valence-corrected chi connectivity index (χ2v) is 7.23. The van der Waals surface area contributed by atoms with Crippen molar-refractivity contribution in [3.05, 3.63) is 65.2 Å². The third kappa shape index (κ3) is 6.41. The van der Waals surface area contributed by atoms with Gasteiger partial charge in [0.2, 0.25) is 0 Å². The molecule has 1 amide bonds. The molecule has 4 nitrogen and oxygen atoms in total. The van der Waals surface area contributed by atoms with E-state index < -0.39 is 5.82 Å². The first kappa shape index (κ1) is 22.0. The highest BCUT2D eigenvalue weighted by Gasteiger charge is 2.22. The zero-order valence-corrected chi connectivity index (χ0v) is 17.5. The van der Waals surface area contributed by atoms with Gasteiger partial charge in [-0.2, -0.15) is 0 Å². The van der Waals surface area contributed by atoms with Crippen LogP contribution in [0.3, 0.4) is 0 Å². The van der Waals surface area contributed by atoms with E-state index in [1.165, 1.54) is 12.1 Å². The Kier molecular flexibility index (Phi) is 8.58. The van der Waals surface area contributed by atoms with Gasteiger partial charge in [0.15, 0.2) is 0 Å². The molecule has 0 radical (unpaired) electrons. The van der Waals surface area contributed by atoms with Crippen LogP contribution in [0.2, 0.25) is 0 Å². The van der Waals surface area contributed by atoms with E-state index in [0.29, 0.717) is 12.1 Å². The molecule has 5 heteroatoms. The Hall–Kier alpha value is -2.27. The molecule has 28 heavy (non-hydrogen) atoms. The number of benzene rings is 1. The van der Waals surface area contributed by atoms with E-state index in [4.69, 9.17) is 0 Å². The number of hydrogen-bond donors (Lipinski definition) is 0. The third-order valence-corrected chi connectivity index (χ3v) is 5.13. The smallest absolute Gasteiger partial charge is 0.254 e. The fraction of sp³-hybridized carbons (Fsp3) is 0.478. The van der Waals surface area contributed by atoms with Gasteiger partial charge in [0, 0.05) is 17.3 Å². The Labute approximate surface area is 168 Å². The average molecular weight is 386 g/mol. The lowest BCUT2D eigenvalue weighted by molar-refractivity contribution is 0.0659. The molecule has 1 atom stereocenters. The van der Waals surface area contributed by atoms with E-state index in [1.54, 1.807) is 12.1 Å². The standard InChI is InChI=1S/C23H32FN3O/c1-5-26(6-2)15-9-11-19(4)27(17-22-14-7-10-18(3)25-22)23(28)20-12-8-13-21(24)16-20/h7-8,10,12-14,16,19H,5-6,9,11,15,17H2,1-4H3. The molecule has 2 aromatic rings. The predicted octanol–water partition coefficient (Wildman–Crippen LogP) is 4.68. The van der Waals surface area contributed by atoms with Gasteiger partial charge in [0.1, 0.15) is 5.82 Å². The number of carbonyl (C=O) groups excluding carboxylic acids is 1. The number of amides is 1. The Bertz CT molecular complexity index is 761. The number of carbonyl (C=O) groups is 1. The normalized spacial score (nSPS) is 12.2. The van der Waals surface area contributed by atoms with Gasteiger partial charge in [-0.15, -0.1) is 0 Å². The molecule has 0 aliphatic rings. The highest BCUT2D eigenvalue weighted by Crippen LogP contribution is 2.17. The number of halogens is 1. The summed E-state index contributed by atoms with van der Waals surface area (Å²) in [5.74, 6) is -0.549. The topological polar surface area (TPSA) is 36.4 Å². The summed E-state index contributed by atoms with van der Waals surface area (Å²) in [5, 5.41) is 0. The van der Waals surface area contributed by atoms with Gasteiger partial charge in [-0.05, 0) is 76.7 Å². The molecule has 1 aromatic carbocycles. The minimum atomic E-state index is -0.395. The number of pyridine rings is 1. The van der Waals surface area contributed by atoms with Crippen LogP contribution in [0, 0.1) is 12.7 Å². The van der Waals surface area contributed by atoms with Gasteiger partial charge in [-0.1, -0.05) is 26.0 Å². The minimum absolute atomic E-state index is 0.0358. The molecule has 0 aliphatic heterocycles. The number of aryl methyl sites for hydroxylation is 1. The summed E-state index contributed by atoms with van der Waals surface area (Å²) in [5.41, 5.74) is 2.15. The van der Waals surface area contributed by atoms with Crippen molar-refractivity contribution in [3.8, 4) is 0 Å². The second-order valence-electron chi connectivity index (χ2n) is 7.23. The Morgan fingerprint density at radius 1 is 1.14 bits per heavy atom. The lowest BCUT2D eigenvalue weighted by Crippen LogP contribution is -2.39. The van der Waals surface area contributed by atoms with Gasteiger partial charge < -0.3 is 9.80 Å². The molecule has 152 valence electrons. The lowest BCUT2D eigenvalue weighted by Gasteiger charge is -2.30. The van der Waals surface area contributed by atoms with Gasteiger partial charge >= 0.3 is 0 Å². The first-order valence-electron chi connectivity index (χ1n) is 10.2. The van der Waals surface area contributed by atoms with Crippen molar-refractivity contribution in [2.45, 2.75) is 53.1 Å². The monoisotopic (exact) mass is 385 g/mol. The summed E-state index contributed by atoms with van der Waals surface area (Å²) < 4.78 is 13.7. The zero-order chi connectivity index (χ0) is 20.5. The fourth-order valence-electron chi connectivity index (χ4n) is 3.38. The summed E-state index contributed by atoms with van der Waals surface area (Å²) in [7, 11) is 0. The van der Waals surface area contributed by atoms with Crippen LogP contribution >= 0.6 is 0 Å². The van der Waals surface area contributed by atoms with E-state index in [2.05, 4.69) is 30.7 Å². The van der Waals surface area contributed by atoms with E-state index in [-0.39, 0.29) is 11.9 Å². The van der Waals surface area contributed by atoms with Crippen molar-refractivity contribution in [2.24, 2.45) is 0 Å². The molecule has 0 fully saturated rings. The van der Waals surface area contributed by atoms with Gasteiger partial charge in [-0.3, -0.25) is 9.78 Å². The Balaban J connectivity index is 2.16. The Morgan fingerprint density at radius 2 is 1.86 bits per heavy atom. The second kappa shape index (κ2) is 10.9. The highest BCUT2D eigenvalue weighted by molar-refractivity contribution is 5.94. The first-order valence-corrected chi connectivity index (χ1v) is 10.2. The summed E-state index contributed by atoms with van der Waals surface area (Å²) in [4.78, 5) is 21.9. The zero-order valence-electron chi connectivity index (χ0n) is 17.5. The molecular weight excluding hydrogens is 353 g/mol. The molecule has 0 bridgehead atoms. The molecule has 1 heterocycles. The number of hydrogen-bond acceptors (Lipinski definition) is 3. The molecule has 0 saturated carbocycles. The van der Waals surface area contributed by atoms with Crippen LogP contribution < -0.4 is 0 Å². The number of nitrogens with zero attached hydrogens (tertiary/aromatic N) is 3. The third-order valence-electron chi connectivity index (χ3n) is 5.13. The van der Waals surface area contributed by atoms with Crippen LogP contribution in [-0.4, -0.2) is 46.4 Å². The van der Waals surface area contributed by atoms with Gasteiger partial charge in [-0.25, -0.2) is 4.39 Å². The van der Waals surface area contributed by atoms with E-state index in [0.717, 1.165) is 43.9 Å². The fourth-order valence-corrected chi connectivity index (χ4v) is 3.38. The average Bonchev–Trinajstić information content (AvgIpc) is 2.69. The van der Waals surface area contributed by atoms with Crippen LogP contribution in [0.25, 0.3) is 0 Å².